The average molecular weight is 475 g/mol. The first-order valence-electron chi connectivity index (χ1n) is 11.8. The Hall–Kier alpha value is -3.10. The molecule has 0 atom stereocenters. The van der Waals surface area contributed by atoms with Gasteiger partial charge in [-0.25, -0.2) is 14.6 Å². The molecule has 0 aliphatic carbocycles. The number of carbonyl (C=O) groups is 1. The molecule has 5 rings (SSSR count). The topological polar surface area (TPSA) is 67.2 Å². The molecule has 0 bridgehead atoms. The molecular weight excluding hydrogens is 444 g/mol. The van der Waals surface area contributed by atoms with Crippen molar-refractivity contribution in [1.82, 2.24) is 29.5 Å². The van der Waals surface area contributed by atoms with Crippen LogP contribution in [0.4, 0.5) is 0 Å². The second-order valence-corrected chi connectivity index (χ2v) is 10.3. The highest BCUT2D eigenvalue weighted by Gasteiger charge is 2.26. The Labute approximate surface area is 204 Å². The number of rotatable bonds is 5. The number of aromatic nitrogens is 4. The van der Waals surface area contributed by atoms with Crippen molar-refractivity contribution >= 4 is 28.3 Å². The Bertz CT molecular complexity index is 1330. The smallest absolute Gasteiger partial charge is 0.254 e. The first kappa shape index (κ1) is 22.7. The maximum Gasteiger partial charge on any atom is 0.254 e. The molecule has 1 aromatic carbocycles. The lowest BCUT2D eigenvalue weighted by molar-refractivity contribution is 0.0629. The molecule has 1 fully saturated rings. The van der Waals surface area contributed by atoms with Crippen LogP contribution in [0.25, 0.3) is 22.3 Å². The highest BCUT2D eigenvalue weighted by molar-refractivity contribution is 7.09. The number of nitrogens with zero attached hydrogens (tertiary/aromatic N) is 6. The van der Waals surface area contributed by atoms with E-state index in [0.29, 0.717) is 18.7 Å². The molecule has 1 saturated heterocycles. The quantitative estimate of drug-likeness (QED) is 0.419. The minimum atomic E-state index is 0.0506. The molecule has 8 heteroatoms. The summed E-state index contributed by atoms with van der Waals surface area (Å²) < 4.78 is 1.90. The molecule has 3 aromatic heterocycles. The lowest BCUT2D eigenvalue weighted by atomic mass is 10.0. The number of amides is 1. The Morgan fingerprint density at radius 1 is 1.09 bits per heavy atom. The summed E-state index contributed by atoms with van der Waals surface area (Å²) in [4.78, 5) is 27.6. The monoisotopic (exact) mass is 474 g/mol. The van der Waals surface area contributed by atoms with Crippen LogP contribution in [0.1, 0.15) is 46.5 Å². The number of pyridine rings is 1. The lowest BCUT2D eigenvalue weighted by Gasteiger charge is -2.34. The Kier molecular flexibility index (Phi) is 6.18. The summed E-state index contributed by atoms with van der Waals surface area (Å²) in [6, 6.07) is 10.3. The van der Waals surface area contributed by atoms with E-state index < -0.39 is 0 Å². The van der Waals surface area contributed by atoms with Gasteiger partial charge in [0.25, 0.3) is 5.91 Å². The van der Waals surface area contributed by atoms with Crippen molar-refractivity contribution in [3.8, 4) is 11.3 Å². The van der Waals surface area contributed by atoms with Crippen LogP contribution >= 0.6 is 11.3 Å². The van der Waals surface area contributed by atoms with Gasteiger partial charge in [-0.2, -0.15) is 5.10 Å². The molecule has 34 heavy (non-hydrogen) atoms. The second-order valence-electron chi connectivity index (χ2n) is 9.22. The van der Waals surface area contributed by atoms with Crippen molar-refractivity contribution in [2.24, 2.45) is 0 Å². The van der Waals surface area contributed by atoms with Gasteiger partial charge >= 0.3 is 0 Å². The van der Waals surface area contributed by atoms with Gasteiger partial charge in [-0.15, -0.1) is 11.3 Å². The van der Waals surface area contributed by atoms with Crippen molar-refractivity contribution in [2.45, 2.75) is 40.3 Å². The van der Waals surface area contributed by atoms with E-state index in [2.05, 4.69) is 53.3 Å². The van der Waals surface area contributed by atoms with Crippen LogP contribution in [-0.2, 0) is 6.54 Å². The standard InChI is InChI=1S/C26H30N6OS/c1-17(2)32-25-23(14-27-32)22(13-24(29-25)21-8-6-5-7-18(21)3)26(33)31-11-9-30(10-12-31)15-20-16-34-19(4)28-20/h5-8,13-14,16-17H,9-12,15H2,1-4H3. The molecule has 7 nitrogen and oxygen atoms in total. The molecule has 4 heterocycles. The van der Waals surface area contributed by atoms with Gasteiger partial charge in [-0.05, 0) is 39.3 Å². The van der Waals surface area contributed by atoms with E-state index >= 15 is 0 Å². The number of hydrogen-bond donors (Lipinski definition) is 0. The fourth-order valence-corrected chi connectivity index (χ4v) is 5.16. The summed E-state index contributed by atoms with van der Waals surface area (Å²) in [7, 11) is 0. The van der Waals surface area contributed by atoms with Gasteiger partial charge in [0.2, 0.25) is 0 Å². The molecule has 1 amide bonds. The summed E-state index contributed by atoms with van der Waals surface area (Å²) in [6.07, 6.45) is 1.79. The van der Waals surface area contributed by atoms with Crippen molar-refractivity contribution in [1.29, 1.82) is 0 Å². The minimum absolute atomic E-state index is 0.0506. The van der Waals surface area contributed by atoms with Crippen LogP contribution < -0.4 is 0 Å². The lowest BCUT2D eigenvalue weighted by Crippen LogP contribution is -2.48. The van der Waals surface area contributed by atoms with Crippen molar-refractivity contribution in [3.05, 3.63) is 63.7 Å². The molecule has 0 saturated carbocycles. The average Bonchev–Trinajstić information content (AvgIpc) is 3.44. The van der Waals surface area contributed by atoms with Gasteiger partial charge in [0.1, 0.15) is 0 Å². The zero-order chi connectivity index (χ0) is 23.8. The summed E-state index contributed by atoms with van der Waals surface area (Å²) in [5.74, 6) is 0.0506. The van der Waals surface area contributed by atoms with Crippen LogP contribution in [0.3, 0.4) is 0 Å². The van der Waals surface area contributed by atoms with E-state index in [1.165, 1.54) is 0 Å². The van der Waals surface area contributed by atoms with Gasteiger partial charge in [0.05, 0.1) is 33.5 Å². The van der Waals surface area contributed by atoms with Gasteiger partial charge in [0, 0.05) is 49.7 Å². The van der Waals surface area contributed by atoms with E-state index in [0.717, 1.165) is 58.2 Å². The predicted molar refractivity (Wildman–Crippen MR) is 136 cm³/mol. The zero-order valence-electron chi connectivity index (χ0n) is 20.2. The molecular formula is C26H30N6OS. The number of thiazole rings is 1. The molecule has 0 spiro atoms. The van der Waals surface area contributed by atoms with Crippen LogP contribution in [0.5, 0.6) is 0 Å². The third-order valence-corrected chi connectivity index (χ3v) is 7.24. The summed E-state index contributed by atoms with van der Waals surface area (Å²) >= 11 is 1.68. The van der Waals surface area contributed by atoms with Gasteiger partial charge in [-0.3, -0.25) is 9.69 Å². The van der Waals surface area contributed by atoms with Gasteiger partial charge in [-0.1, -0.05) is 24.3 Å². The largest absolute Gasteiger partial charge is 0.336 e. The maximum atomic E-state index is 13.8. The van der Waals surface area contributed by atoms with Crippen LogP contribution in [0, 0.1) is 13.8 Å². The normalized spacial score (nSPS) is 14.9. The van der Waals surface area contributed by atoms with Gasteiger partial charge < -0.3 is 4.90 Å². The van der Waals surface area contributed by atoms with Crippen LogP contribution in [0.2, 0.25) is 0 Å². The molecule has 0 radical (unpaired) electrons. The Morgan fingerprint density at radius 2 is 1.85 bits per heavy atom. The van der Waals surface area contributed by atoms with Crippen LogP contribution in [0.15, 0.2) is 41.9 Å². The first-order chi connectivity index (χ1) is 16.4. The Morgan fingerprint density at radius 3 is 2.53 bits per heavy atom. The molecule has 0 unspecified atom stereocenters. The number of benzene rings is 1. The second kappa shape index (κ2) is 9.27. The SMILES string of the molecule is Cc1nc(CN2CCN(C(=O)c3cc(-c4ccccc4C)nc4c3cnn4C(C)C)CC2)cs1. The van der Waals surface area contributed by atoms with Crippen LogP contribution in [-0.4, -0.2) is 61.6 Å². The maximum absolute atomic E-state index is 13.8. The van der Waals surface area contributed by atoms with Crippen molar-refractivity contribution in [2.75, 3.05) is 26.2 Å². The minimum Gasteiger partial charge on any atom is -0.336 e. The first-order valence-corrected chi connectivity index (χ1v) is 12.7. The van der Waals surface area contributed by atoms with E-state index in [1.807, 2.05) is 34.7 Å². The summed E-state index contributed by atoms with van der Waals surface area (Å²) in [5.41, 5.74) is 5.54. The number of piperazine rings is 1. The zero-order valence-corrected chi connectivity index (χ0v) is 21.0. The highest BCUT2D eigenvalue weighted by Crippen LogP contribution is 2.29. The molecule has 4 aromatic rings. The number of carbonyl (C=O) groups excluding carboxylic acids is 1. The third-order valence-electron chi connectivity index (χ3n) is 6.42. The highest BCUT2D eigenvalue weighted by atomic mass is 32.1. The Balaban J connectivity index is 1.44. The fraction of sp³-hybridized carbons (Fsp3) is 0.385. The predicted octanol–water partition coefficient (Wildman–Crippen LogP) is 4.71. The van der Waals surface area contributed by atoms with E-state index in [4.69, 9.17) is 4.98 Å². The van der Waals surface area contributed by atoms with Gasteiger partial charge in [0.15, 0.2) is 5.65 Å². The van der Waals surface area contributed by atoms with E-state index in [9.17, 15) is 4.79 Å². The molecule has 1 aliphatic heterocycles. The summed E-state index contributed by atoms with van der Waals surface area (Å²) in [5, 5.41) is 8.61. The van der Waals surface area contributed by atoms with Crippen molar-refractivity contribution in [3.63, 3.8) is 0 Å². The number of aryl methyl sites for hydroxylation is 2. The third kappa shape index (κ3) is 4.35. The fourth-order valence-electron chi connectivity index (χ4n) is 4.56. The van der Waals surface area contributed by atoms with E-state index in [-0.39, 0.29) is 11.9 Å². The molecule has 1 aliphatic rings. The molecule has 176 valence electrons. The van der Waals surface area contributed by atoms with Crippen molar-refractivity contribution < 1.29 is 4.79 Å². The number of fused-ring (bicyclic) bond motifs is 1. The molecule has 0 N–H and O–H groups in total. The van der Waals surface area contributed by atoms with E-state index in [1.54, 1.807) is 17.5 Å². The summed E-state index contributed by atoms with van der Waals surface area (Å²) in [6.45, 7) is 12.2. The number of hydrogen-bond acceptors (Lipinski definition) is 6.